The van der Waals surface area contributed by atoms with Crippen molar-refractivity contribution in [3.05, 3.63) is 34.9 Å². The van der Waals surface area contributed by atoms with Crippen LogP contribution in [0, 0.1) is 11.6 Å². The lowest BCUT2D eigenvalue weighted by Gasteiger charge is -2.19. The van der Waals surface area contributed by atoms with E-state index in [2.05, 4.69) is 5.10 Å². The van der Waals surface area contributed by atoms with Crippen molar-refractivity contribution in [2.24, 2.45) is 10.9 Å². The summed E-state index contributed by atoms with van der Waals surface area (Å²) in [5, 5.41) is 3.04. The van der Waals surface area contributed by atoms with Crippen LogP contribution < -0.4 is 5.84 Å². The van der Waals surface area contributed by atoms with Gasteiger partial charge in [0, 0.05) is 0 Å². The van der Waals surface area contributed by atoms with Crippen LogP contribution in [0.15, 0.2) is 17.2 Å². The van der Waals surface area contributed by atoms with Crippen molar-refractivity contribution in [2.45, 2.75) is 26.4 Å². The standard InChI is InChI=1S/C12H14F2N2O2/c1-12(2,3)18-11(17)7-4-9(13)8(6-16-15)10(14)5-7/h4-6H,15H2,1-3H3. The van der Waals surface area contributed by atoms with Crippen LogP contribution in [0.5, 0.6) is 0 Å². The van der Waals surface area contributed by atoms with E-state index in [1.54, 1.807) is 20.8 Å². The Labute approximate surface area is 103 Å². The van der Waals surface area contributed by atoms with E-state index in [1.807, 2.05) is 0 Å². The molecule has 0 unspecified atom stereocenters. The number of rotatable bonds is 2. The van der Waals surface area contributed by atoms with Crippen LogP contribution in [-0.2, 0) is 4.74 Å². The fourth-order valence-corrected chi connectivity index (χ4v) is 1.24. The van der Waals surface area contributed by atoms with Crippen molar-refractivity contribution in [3.63, 3.8) is 0 Å². The lowest BCUT2D eigenvalue weighted by Crippen LogP contribution is -2.24. The molecule has 2 N–H and O–H groups in total. The Balaban J connectivity index is 3.10. The zero-order valence-electron chi connectivity index (χ0n) is 10.3. The molecule has 0 atom stereocenters. The third-order valence-corrected chi connectivity index (χ3v) is 1.92. The van der Waals surface area contributed by atoms with Crippen LogP contribution in [0.4, 0.5) is 8.78 Å². The number of hydrazone groups is 1. The molecule has 0 amide bonds. The summed E-state index contributed by atoms with van der Waals surface area (Å²) in [7, 11) is 0. The summed E-state index contributed by atoms with van der Waals surface area (Å²) in [5.41, 5.74) is -1.33. The second kappa shape index (κ2) is 5.12. The first kappa shape index (κ1) is 14.1. The third-order valence-electron chi connectivity index (χ3n) is 1.92. The maximum absolute atomic E-state index is 13.5. The van der Waals surface area contributed by atoms with E-state index < -0.39 is 28.8 Å². The highest BCUT2D eigenvalue weighted by molar-refractivity contribution is 5.91. The molecule has 0 fully saturated rings. The molecule has 1 aromatic rings. The molecule has 0 heterocycles. The molecule has 6 heteroatoms. The Morgan fingerprint density at radius 2 is 1.83 bits per heavy atom. The molecule has 0 aromatic heterocycles. The number of carbonyl (C=O) groups is 1. The third kappa shape index (κ3) is 3.51. The summed E-state index contributed by atoms with van der Waals surface area (Å²) in [6.45, 7) is 4.98. The number of nitrogens with zero attached hydrogens (tertiary/aromatic N) is 1. The highest BCUT2D eigenvalue weighted by Gasteiger charge is 2.20. The number of benzene rings is 1. The summed E-state index contributed by atoms with van der Waals surface area (Å²) < 4.78 is 32.0. The zero-order valence-corrected chi connectivity index (χ0v) is 10.3. The van der Waals surface area contributed by atoms with Gasteiger partial charge in [0.05, 0.1) is 17.3 Å². The van der Waals surface area contributed by atoms with Crippen molar-refractivity contribution in [1.29, 1.82) is 0 Å². The minimum absolute atomic E-state index is 0.200. The molecule has 1 aromatic carbocycles. The van der Waals surface area contributed by atoms with Gasteiger partial charge in [0.25, 0.3) is 0 Å². The minimum atomic E-state index is -0.926. The monoisotopic (exact) mass is 256 g/mol. The van der Waals surface area contributed by atoms with E-state index >= 15 is 0 Å². The predicted octanol–water partition coefficient (Wildman–Crippen LogP) is 2.21. The Hall–Kier alpha value is -1.98. The molecule has 0 saturated carbocycles. The van der Waals surface area contributed by atoms with Gasteiger partial charge in [-0.1, -0.05) is 0 Å². The summed E-state index contributed by atoms with van der Waals surface area (Å²) in [5.74, 6) is 2.18. The molecular formula is C12H14F2N2O2. The molecule has 0 spiro atoms. The first-order valence-electron chi connectivity index (χ1n) is 5.20. The molecule has 98 valence electrons. The lowest BCUT2D eigenvalue weighted by atomic mass is 10.1. The molecule has 0 bridgehead atoms. The molecular weight excluding hydrogens is 242 g/mol. The van der Waals surface area contributed by atoms with Gasteiger partial charge in [-0.2, -0.15) is 5.10 Å². The lowest BCUT2D eigenvalue weighted by molar-refractivity contribution is 0.00684. The van der Waals surface area contributed by atoms with Gasteiger partial charge < -0.3 is 10.6 Å². The van der Waals surface area contributed by atoms with Crippen molar-refractivity contribution < 1.29 is 18.3 Å². The van der Waals surface area contributed by atoms with Gasteiger partial charge in [-0.15, -0.1) is 0 Å². The maximum atomic E-state index is 13.5. The SMILES string of the molecule is CC(C)(C)OC(=O)c1cc(F)c(C=NN)c(F)c1. The Morgan fingerprint density at radius 1 is 1.33 bits per heavy atom. The highest BCUT2D eigenvalue weighted by atomic mass is 19.1. The van der Waals surface area contributed by atoms with E-state index in [1.165, 1.54) is 0 Å². The second-order valence-corrected chi connectivity index (χ2v) is 4.63. The second-order valence-electron chi connectivity index (χ2n) is 4.63. The maximum Gasteiger partial charge on any atom is 0.338 e. The van der Waals surface area contributed by atoms with E-state index in [4.69, 9.17) is 10.6 Å². The van der Waals surface area contributed by atoms with Crippen LogP contribution in [0.1, 0.15) is 36.7 Å². The number of halogens is 2. The average Bonchev–Trinajstić information content (AvgIpc) is 2.20. The van der Waals surface area contributed by atoms with Gasteiger partial charge in [-0.05, 0) is 32.9 Å². The van der Waals surface area contributed by atoms with Gasteiger partial charge in [-0.3, -0.25) is 0 Å². The predicted molar refractivity (Wildman–Crippen MR) is 63.3 cm³/mol. The fraction of sp³-hybridized carbons (Fsp3) is 0.333. The summed E-state index contributed by atoms with van der Waals surface area (Å²) >= 11 is 0. The Bertz CT molecular complexity index is 470. The molecule has 0 radical (unpaired) electrons. The van der Waals surface area contributed by atoms with Crippen molar-refractivity contribution >= 4 is 12.2 Å². The molecule has 0 aliphatic heterocycles. The number of ether oxygens (including phenoxy) is 1. The number of nitrogens with two attached hydrogens (primary N) is 1. The van der Waals surface area contributed by atoms with Crippen LogP contribution >= 0.6 is 0 Å². The number of hydrogen-bond acceptors (Lipinski definition) is 4. The van der Waals surface area contributed by atoms with E-state index in [0.717, 1.165) is 18.3 Å². The van der Waals surface area contributed by atoms with E-state index in [9.17, 15) is 13.6 Å². The minimum Gasteiger partial charge on any atom is -0.456 e. The first-order valence-corrected chi connectivity index (χ1v) is 5.20. The van der Waals surface area contributed by atoms with E-state index in [-0.39, 0.29) is 5.56 Å². The van der Waals surface area contributed by atoms with Crippen LogP contribution in [0.25, 0.3) is 0 Å². The largest absolute Gasteiger partial charge is 0.456 e. The summed E-state index contributed by atoms with van der Waals surface area (Å²) in [6, 6.07) is 1.77. The van der Waals surface area contributed by atoms with Crippen molar-refractivity contribution in [3.8, 4) is 0 Å². The van der Waals surface area contributed by atoms with Crippen LogP contribution in [0.2, 0.25) is 0 Å². The normalized spacial score (nSPS) is 11.8. The quantitative estimate of drug-likeness (QED) is 0.382. The van der Waals surface area contributed by atoms with Gasteiger partial charge in [0.2, 0.25) is 0 Å². The van der Waals surface area contributed by atoms with Gasteiger partial charge in [0.1, 0.15) is 17.2 Å². The zero-order chi connectivity index (χ0) is 13.9. The molecule has 0 saturated heterocycles. The molecule has 1 rings (SSSR count). The number of hydrogen-bond donors (Lipinski definition) is 1. The summed E-state index contributed by atoms with van der Waals surface area (Å²) in [6.07, 6.45) is 0.837. The van der Waals surface area contributed by atoms with Crippen LogP contribution in [0.3, 0.4) is 0 Å². The first-order chi connectivity index (χ1) is 8.24. The van der Waals surface area contributed by atoms with Gasteiger partial charge >= 0.3 is 5.97 Å². The Kier molecular flexibility index (Phi) is 4.00. The van der Waals surface area contributed by atoms with Gasteiger partial charge in [0.15, 0.2) is 0 Å². The van der Waals surface area contributed by atoms with E-state index in [0.29, 0.717) is 0 Å². The topological polar surface area (TPSA) is 64.7 Å². The average molecular weight is 256 g/mol. The number of carbonyl (C=O) groups excluding carboxylic acids is 1. The molecule has 4 nitrogen and oxygen atoms in total. The Morgan fingerprint density at radius 3 is 2.22 bits per heavy atom. The van der Waals surface area contributed by atoms with Crippen LogP contribution in [-0.4, -0.2) is 17.8 Å². The molecule has 0 aliphatic carbocycles. The van der Waals surface area contributed by atoms with Gasteiger partial charge in [-0.25, -0.2) is 13.6 Å². The van der Waals surface area contributed by atoms with Crippen molar-refractivity contribution in [2.75, 3.05) is 0 Å². The van der Waals surface area contributed by atoms with Crippen molar-refractivity contribution in [1.82, 2.24) is 0 Å². The molecule has 18 heavy (non-hydrogen) atoms. The fourth-order valence-electron chi connectivity index (χ4n) is 1.24. The highest BCUT2D eigenvalue weighted by Crippen LogP contribution is 2.17. The molecule has 0 aliphatic rings. The summed E-state index contributed by atoms with van der Waals surface area (Å²) in [4.78, 5) is 11.6. The smallest absolute Gasteiger partial charge is 0.338 e. The number of esters is 1.